The van der Waals surface area contributed by atoms with Crippen molar-refractivity contribution in [3.63, 3.8) is 0 Å². The number of carbonyl (C=O) groups excluding carboxylic acids is 1. The van der Waals surface area contributed by atoms with E-state index in [1.54, 1.807) is 0 Å². The predicted molar refractivity (Wildman–Crippen MR) is 87.2 cm³/mol. The third kappa shape index (κ3) is 2.84. The van der Waals surface area contributed by atoms with Crippen LogP contribution in [0.1, 0.15) is 16.1 Å². The SMILES string of the molecule is CN(C)C1CCN(c2nc(-c3ccccc3)c(C=O)s2)C1. The van der Waals surface area contributed by atoms with Gasteiger partial charge in [-0.1, -0.05) is 41.7 Å². The van der Waals surface area contributed by atoms with Gasteiger partial charge in [0.25, 0.3) is 0 Å². The predicted octanol–water partition coefficient (Wildman–Crippen LogP) is 2.76. The Morgan fingerprint density at radius 2 is 2.10 bits per heavy atom. The van der Waals surface area contributed by atoms with Crippen LogP contribution in [0, 0.1) is 0 Å². The van der Waals surface area contributed by atoms with Crippen LogP contribution in [-0.4, -0.2) is 49.4 Å². The molecule has 1 unspecified atom stereocenters. The van der Waals surface area contributed by atoms with Crippen LogP contribution in [0.25, 0.3) is 11.3 Å². The molecule has 2 heterocycles. The van der Waals surface area contributed by atoms with E-state index in [0.29, 0.717) is 10.9 Å². The molecular formula is C16H19N3OS. The van der Waals surface area contributed by atoms with Crippen molar-refractivity contribution in [2.45, 2.75) is 12.5 Å². The minimum Gasteiger partial charge on any atom is -0.346 e. The van der Waals surface area contributed by atoms with E-state index in [1.165, 1.54) is 11.3 Å². The molecule has 1 aromatic carbocycles. The molecule has 1 fully saturated rings. The zero-order chi connectivity index (χ0) is 14.8. The lowest BCUT2D eigenvalue weighted by atomic mass is 10.1. The van der Waals surface area contributed by atoms with Gasteiger partial charge in [0, 0.05) is 24.7 Å². The normalized spacial score (nSPS) is 18.4. The summed E-state index contributed by atoms with van der Waals surface area (Å²) < 4.78 is 0. The van der Waals surface area contributed by atoms with Crippen LogP contribution < -0.4 is 4.90 Å². The molecule has 110 valence electrons. The summed E-state index contributed by atoms with van der Waals surface area (Å²) in [7, 11) is 4.23. The molecule has 0 N–H and O–H groups in total. The van der Waals surface area contributed by atoms with Gasteiger partial charge in [0.05, 0.1) is 10.6 Å². The maximum Gasteiger partial charge on any atom is 0.186 e. The lowest BCUT2D eigenvalue weighted by molar-refractivity contribution is 0.112. The molecule has 0 bridgehead atoms. The van der Waals surface area contributed by atoms with E-state index in [9.17, 15) is 4.79 Å². The Morgan fingerprint density at radius 3 is 2.71 bits per heavy atom. The fourth-order valence-corrected chi connectivity index (χ4v) is 3.61. The number of hydrogen-bond donors (Lipinski definition) is 0. The first-order valence-electron chi connectivity index (χ1n) is 7.12. The Hall–Kier alpha value is -1.72. The Bertz CT molecular complexity index is 624. The highest BCUT2D eigenvalue weighted by atomic mass is 32.1. The van der Waals surface area contributed by atoms with Crippen molar-refractivity contribution in [2.75, 3.05) is 32.1 Å². The summed E-state index contributed by atoms with van der Waals surface area (Å²) in [5.74, 6) is 0. The summed E-state index contributed by atoms with van der Waals surface area (Å²) in [4.78, 5) is 21.3. The number of thiazole rings is 1. The molecule has 0 amide bonds. The maximum atomic E-state index is 11.3. The molecule has 0 spiro atoms. The summed E-state index contributed by atoms with van der Waals surface area (Å²) in [5.41, 5.74) is 1.81. The molecule has 1 saturated heterocycles. The van der Waals surface area contributed by atoms with Gasteiger partial charge in [-0.2, -0.15) is 0 Å². The minimum absolute atomic E-state index is 0.564. The number of anilines is 1. The quantitative estimate of drug-likeness (QED) is 0.814. The lowest BCUT2D eigenvalue weighted by Crippen LogP contribution is -2.31. The van der Waals surface area contributed by atoms with E-state index >= 15 is 0 Å². The van der Waals surface area contributed by atoms with Crippen LogP contribution in [0.5, 0.6) is 0 Å². The van der Waals surface area contributed by atoms with Gasteiger partial charge in [-0.05, 0) is 20.5 Å². The van der Waals surface area contributed by atoms with Crippen molar-refractivity contribution in [2.24, 2.45) is 0 Å². The molecule has 21 heavy (non-hydrogen) atoms. The van der Waals surface area contributed by atoms with Crippen LogP contribution in [0.2, 0.25) is 0 Å². The van der Waals surface area contributed by atoms with Gasteiger partial charge in [0.2, 0.25) is 0 Å². The second kappa shape index (κ2) is 5.95. The Morgan fingerprint density at radius 1 is 1.33 bits per heavy atom. The topological polar surface area (TPSA) is 36.4 Å². The van der Waals surface area contributed by atoms with E-state index in [0.717, 1.165) is 42.2 Å². The van der Waals surface area contributed by atoms with Crippen molar-refractivity contribution in [3.05, 3.63) is 35.2 Å². The summed E-state index contributed by atoms with van der Waals surface area (Å²) in [6, 6.07) is 10.5. The first kappa shape index (κ1) is 14.2. The molecule has 1 aliphatic heterocycles. The molecule has 0 aliphatic carbocycles. The van der Waals surface area contributed by atoms with Gasteiger partial charge in [-0.3, -0.25) is 4.79 Å². The van der Waals surface area contributed by atoms with E-state index in [4.69, 9.17) is 4.98 Å². The monoisotopic (exact) mass is 301 g/mol. The average molecular weight is 301 g/mol. The third-order valence-electron chi connectivity index (χ3n) is 3.96. The van der Waals surface area contributed by atoms with Crippen LogP contribution in [0.4, 0.5) is 5.13 Å². The lowest BCUT2D eigenvalue weighted by Gasteiger charge is -2.19. The van der Waals surface area contributed by atoms with Crippen molar-refractivity contribution < 1.29 is 4.79 Å². The first-order valence-corrected chi connectivity index (χ1v) is 7.93. The van der Waals surface area contributed by atoms with E-state index in [-0.39, 0.29) is 0 Å². The standard InChI is InChI=1S/C16H19N3OS/c1-18(2)13-8-9-19(10-13)16-17-15(14(11-20)21-16)12-6-4-3-5-7-12/h3-7,11,13H,8-10H2,1-2H3. The Balaban J connectivity index is 1.89. The zero-order valence-electron chi connectivity index (χ0n) is 12.3. The molecule has 0 saturated carbocycles. The second-order valence-electron chi connectivity index (χ2n) is 5.55. The Kier molecular flexibility index (Phi) is 4.03. The average Bonchev–Trinajstić information content (AvgIpc) is 3.14. The van der Waals surface area contributed by atoms with Crippen LogP contribution in [0.15, 0.2) is 30.3 Å². The van der Waals surface area contributed by atoms with E-state index < -0.39 is 0 Å². The molecule has 4 nitrogen and oxygen atoms in total. The molecule has 3 rings (SSSR count). The second-order valence-corrected chi connectivity index (χ2v) is 6.55. The minimum atomic E-state index is 0.564. The molecule has 2 aromatic rings. The van der Waals surface area contributed by atoms with Crippen molar-refractivity contribution >= 4 is 22.8 Å². The summed E-state index contributed by atoms with van der Waals surface area (Å²) >= 11 is 1.49. The Labute approximate surface area is 129 Å². The number of aldehydes is 1. The number of nitrogens with zero attached hydrogens (tertiary/aromatic N) is 3. The highest BCUT2D eigenvalue weighted by Crippen LogP contribution is 2.33. The zero-order valence-corrected chi connectivity index (χ0v) is 13.1. The van der Waals surface area contributed by atoms with Gasteiger partial charge in [0.15, 0.2) is 11.4 Å². The third-order valence-corrected chi connectivity index (χ3v) is 5.00. The van der Waals surface area contributed by atoms with Crippen molar-refractivity contribution in [1.29, 1.82) is 0 Å². The van der Waals surface area contributed by atoms with Crippen LogP contribution in [0.3, 0.4) is 0 Å². The van der Waals surface area contributed by atoms with Crippen molar-refractivity contribution in [3.8, 4) is 11.3 Å². The van der Waals surface area contributed by atoms with Gasteiger partial charge in [-0.25, -0.2) is 4.98 Å². The number of hydrogen-bond acceptors (Lipinski definition) is 5. The van der Waals surface area contributed by atoms with Gasteiger partial charge in [0.1, 0.15) is 0 Å². The molecule has 1 aromatic heterocycles. The summed E-state index contributed by atoms with van der Waals surface area (Å²) in [5, 5.41) is 0.959. The molecular weight excluding hydrogens is 282 g/mol. The summed E-state index contributed by atoms with van der Waals surface area (Å²) in [6.07, 6.45) is 2.06. The van der Waals surface area contributed by atoms with Crippen LogP contribution in [-0.2, 0) is 0 Å². The molecule has 1 aliphatic rings. The fraction of sp³-hybridized carbons (Fsp3) is 0.375. The van der Waals surface area contributed by atoms with E-state index in [2.05, 4.69) is 23.9 Å². The van der Waals surface area contributed by atoms with Crippen molar-refractivity contribution in [1.82, 2.24) is 9.88 Å². The van der Waals surface area contributed by atoms with Gasteiger partial charge < -0.3 is 9.80 Å². The first-order chi connectivity index (χ1) is 10.2. The molecule has 0 radical (unpaired) electrons. The smallest absolute Gasteiger partial charge is 0.186 e. The molecule has 5 heteroatoms. The maximum absolute atomic E-state index is 11.3. The number of benzene rings is 1. The van der Waals surface area contributed by atoms with E-state index in [1.807, 2.05) is 30.3 Å². The van der Waals surface area contributed by atoms with Crippen LogP contribution >= 0.6 is 11.3 Å². The number of carbonyl (C=O) groups is 1. The number of aromatic nitrogens is 1. The highest BCUT2D eigenvalue weighted by molar-refractivity contribution is 7.17. The fourth-order valence-electron chi connectivity index (χ4n) is 2.68. The van der Waals surface area contributed by atoms with Gasteiger partial charge in [-0.15, -0.1) is 0 Å². The van der Waals surface area contributed by atoms with Gasteiger partial charge >= 0.3 is 0 Å². The summed E-state index contributed by atoms with van der Waals surface area (Å²) in [6.45, 7) is 1.98. The highest BCUT2D eigenvalue weighted by Gasteiger charge is 2.27. The number of rotatable bonds is 4. The molecule has 1 atom stereocenters. The largest absolute Gasteiger partial charge is 0.346 e. The number of likely N-dealkylation sites (N-methyl/N-ethyl adjacent to an activating group) is 1.